The molecule has 2 N–H and O–H groups in total. The maximum atomic E-state index is 12.3. The Balaban J connectivity index is 1.95. The van der Waals surface area contributed by atoms with Gasteiger partial charge in [-0.25, -0.2) is 0 Å². The highest BCUT2D eigenvalue weighted by Crippen LogP contribution is 2.27. The molecule has 1 saturated carbocycles. The van der Waals surface area contributed by atoms with E-state index < -0.39 is 0 Å². The summed E-state index contributed by atoms with van der Waals surface area (Å²) in [6.45, 7) is 1.89. The SMILES string of the molecule is COc1ccc(Cl)cc1NC(=O)[C@@H](C)NC1CCCCC1. The molecule has 2 rings (SSSR count). The van der Waals surface area contributed by atoms with E-state index in [4.69, 9.17) is 16.3 Å². The van der Waals surface area contributed by atoms with Gasteiger partial charge in [0.2, 0.25) is 5.91 Å². The van der Waals surface area contributed by atoms with E-state index in [9.17, 15) is 4.79 Å². The molecule has 0 aromatic heterocycles. The minimum absolute atomic E-state index is 0.0684. The van der Waals surface area contributed by atoms with Gasteiger partial charge in [0.25, 0.3) is 0 Å². The lowest BCUT2D eigenvalue weighted by Gasteiger charge is -2.26. The molecule has 1 amide bonds. The molecule has 21 heavy (non-hydrogen) atoms. The Bertz CT molecular complexity index is 487. The average molecular weight is 311 g/mol. The van der Waals surface area contributed by atoms with Crippen LogP contribution in [0.5, 0.6) is 5.75 Å². The van der Waals surface area contributed by atoms with Crippen molar-refractivity contribution in [3.8, 4) is 5.75 Å². The molecule has 0 heterocycles. The van der Waals surface area contributed by atoms with Gasteiger partial charge in [-0.2, -0.15) is 0 Å². The Morgan fingerprint density at radius 2 is 2.05 bits per heavy atom. The fraction of sp³-hybridized carbons (Fsp3) is 0.562. The number of benzene rings is 1. The Morgan fingerprint density at radius 1 is 1.33 bits per heavy atom. The first-order valence-corrected chi connectivity index (χ1v) is 7.88. The lowest BCUT2D eigenvalue weighted by molar-refractivity contribution is -0.118. The first-order valence-electron chi connectivity index (χ1n) is 7.50. The summed E-state index contributed by atoms with van der Waals surface area (Å²) in [4.78, 5) is 12.3. The Hall–Kier alpha value is -1.26. The summed E-state index contributed by atoms with van der Waals surface area (Å²) in [5, 5.41) is 6.85. The molecule has 4 nitrogen and oxygen atoms in total. The van der Waals surface area contributed by atoms with Crippen LogP contribution in [0, 0.1) is 0 Å². The van der Waals surface area contributed by atoms with Crippen molar-refractivity contribution >= 4 is 23.2 Å². The number of carbonyl (C=O) groups is 1. The Morgan fingerprint density at radius 3 is 2.71 bits per heavy atom. The van der Waals surface area contributed by atoms with Gasteiger partial charge in [-0.1, -0.05) is 30.9 Å². The van der Waals surface area contributed by atoms with Crippen LogP contribution in [-0.2, 0) is 4.79 Å². The summed E-state index contributed by atoms with van der Waals surface area (Å²) in [6.07, 6.45) is 6.09. The summed E-state index contributed by atoms with van der Waals surface area (Å²) in [5.41, 5.74) is 0.604. The fourth-order valence-corrected chi connectivity index (χ4v) is 2.89. The molecule has 0 saturated heterocycles. The number of halogens is 1. The van der Waals surface area contributed by atoms with Gasteiger partial charge in [-0.15, -0.1) is 0 Å². The van der Waals surface area contributed by atoms with Crippen molar-refractivity contribution in [2.75, 3.05) is 12.4 Å². The van der Waals surface area contributed by atoms with E-state index in [-0.39, 0.29) is 11.9 Å². The predicted molar refractivity (Wildman–Crippen MR) is 86.1 cm³/mol. The van der Waals surface area contributed by atoms with Crippen LogP contribution >= 0.6 is 11.6 Å². The van der Waals surface area contributed by atoms with Gasteiger partial charge in [0.15, 0.2) is 0 Å². The van der Waals surface area contributed by atoms with Crippen LogP contribution < -0.4 is 15.4 Å². The average Bonchev–Trinajstić information content (AvgIpc) is 2.48. The molecule has 0 unspecified atom stereocenters. The smallest absolute Gasteiger partial charge is 0.241 e. The van der Waals surface area contributed by atoms with Crippen LogP contribution in [0.4, 0.5) is 5.69 Å². The lowest BCUT2D eigenvalue weighted by atomic mass is 9.95. The highest BCUT2D eigenvalue weighted by molar-refractivity contribution is 6.31. The van der Waals surface area contributed by atoms with E-state index in [0.717, 1.165) is 12.8 Å². The van der Waals surface area contributed by atoms with Crippen LogP contribution in [0.2, 0.25) is 5.02 Å². The number of amides is 1. The van der Waals surface area contributed by atoms with Gasteiger partial charge < -0.3 is 15.4 Å². The number of carbonyl (C=O) groups excluding carboxylic acids is 1. The molecule has 0 aliphatic heterocycles. The fourth-order valence-electron chi connectivity index (χ4n) is 2.72. The third-order valence-electron chi connectivity index (χ3n) is 3.90. The minimum Gasteiger partial charge on any atom is -0.495 e. The summed E-state index contributed by atoms with van der Waals surface area (Å²) in [5.74, 6) is 0.541. The van der Waals surface area contributed by atoms with Crippen molar-refractivity contribution in [2.45, 2.75) is 51.1 Å². The summed E-state index contributed by atoms with van der Waals surface area (Å²) in [6, 6.07) is 5.39. The number of hydrogen-bond donors (Lipinski definition) is 2. The minimum atomic E-state index is -0.239. The Kier molecular flexibility index (Phi) is 5.88. The molecule has 0 bridgehead atoms. The summed E-state index contributed by atoms with van der Waals surface area (Å²) < 4.78 is 5.24. The van der Waals surface area contributed by atoms with Crippen LogP contribution in [0.15, 0.2) is 18.2 Å². The summed E-state index contributed by atoms with van der Waals surface area (Å²) >= 11 is 5.97. The van der Waals surface area contributed by atoms with Gasteiger partial charge in [0.05, 0.1) is 18.8 Å². The molecule has 1 aliphatic rings. The van der Waals surface area contributed by atoms with Crippen molar-refractivity contribution < 1.29 is 9.53 Å². The summed E-state index contributed by atoms with van der Waals surface area (Å²) in [7, 11) is 1.57. The molecular formula is C16H23ClN2O2. The number of nitrogens with one attached hydrogen (secondary N) is 2. The van der Waals surface area contributed by atoms with Crippen molar-refractivity contribution in [1.29, 1.82) is 0 Å². The molecule has 0 radical (unpaired) electrons. The van der Waals surface area contributed by atoms with Gasteiger partial charge in [0.1, 0.15) is 5.75 Å². The number of rotatable bonds is 5. The van der Waals surface area contributed by atoms with E-state index in [1.807, 2.05) is 6.92 Å². The quantitative estimate of drug-likeness (QED) is 0.873. The molecule has 0 spiro atoms. The van der Waals surface area contributed by atoms with E-state index in [2.05, 4.69) is 10.6 Å². The number of anilines is 1. The lowest BCUT2D eigenvalue weighted by Crippen LogP contribution is -2.44. The zero-order chi connectivity index (χ0) is 15.2. The number of ether oxygens (including phenoxy) is 1. The molecule has 1 aromatic rings. The van der Waals surface area contributed by atoms with Gasteiger partial charge in [0, 0.05) is 11.1 Å². The second kappa shape index (κ2) is 7.66. The highest BCUT2D eigenvalue weighted by atomic mass is 35.5. The molecular weight excluding hydrogens is 288 g/mol. The van der Waals surface area contributed by atoms with Crippen molar-refractivity contribution in [3.63, 3.8) is 0 Å². The largest absolute Gasteiger partial charge is 0.495 e. The number of methoxy groups -OCH3 is 1. The van der Waals surface area contributed by atoms with Crippen LogP contribution in [0.3, 0.4) is 0 Å². The molecule has 1 atom stereocenters. The van der Waals surface area contributed by atoms with E-state index in [0.29, 0.717) is 22.5 Å². The Labute approximate surface area is 131 Å². The van der Waals surface area contributed by atoms with Crippen LogP contribution in [0.25, 0.3) is 0 Å². The van der Waals surface area contributed by atoms with E-state index >= 15 is 0 Å². The van der Waals surface area contributed by atoms with Crippen LogP contribution in [0.1, 0.15) is 39.0 Å². The van der Waals surface area contributed by atoms with E-state index in [1.165, 1.54) is 19.3 Å². The maximum Gasteiger partial charge on any atom is 0.241 e. The maximum absolute atomic E-state index is 12.3. The van der Waals surface area contributed by atoms with Crippen molar-refractivity contribution in [2.24, 2.45) is 0 Å². The second-order valence-electron chi connectivity index (χ2n) is 5.56. The van der Waals surface area contributed by atoms with Gasteiger partial charge in [-0.3, -0.25) is 4.79 Å². The van der Waals surface area contributed by atoms with Crippen molar-refractivity contribution in [1.82, 2.24) is 5.32 Å². The van der Waals surface area contributed by atoms with E-state index in [1.54, 1.807) is 25.3 Å². The predicted octanol–water partition coefficient (Wildman–Crippen LogP) is 3.60. The molecule has 5 heteroatoms. The molecule has 1 fully saturated rings. The van der Waals surface area contributed by atoms with Crippen molar-refractivity contribution in [3.05, 3.63) is 23.2 Å². The molecule has 116 valence electrons. The van der Waals surface area contributed by atoms with Gasteiger partial charge >= 0.3 is 0 Å². The zero-order valence-corrected chi connectivity index (χ0v) is 13.4. The van der Waals surface area contributed by atoms with Crippen LogP contribution in [-0.4, -0.2) is 25.1 Å². The first-order chi connectivity index (χ1) is 10.1. The highest BCUT2D eigenvalue weighted by Gasteiger charge is 2.20. The first kappa shape index (κ1) is 16.1. The normalized spacial score (nSPS) is 17.3. The third kappa shape index (κ3) is 4.61. The second-order valence-corrected chi connectivity index (χ2v) is 5.99. The zero-order valence-electron chi connectivity index (χ0n) is 12.6. The topological polar surface area (TPSA) is 50.4 Å². The monoisotopic (exact) mass is 310 g/mol. The standard InChI is InChI=1S/C16H23ClN2O2/c1-11(18-13-6-4-3-5-7-13)16(20)19-14-10-12(17)8-9-15(14)21-2/h8-11,13,18H,3-7H2,1-2H3,(H,19,20)/t11-/m1/s1. The number of hydrogen-bond acceptors (Lipinski definition) is 3. The molecule has 1 aliphatic carbocycles. The third-order valence-corrected chi connectivity index (χ3v) is 4.14. The molecule has 1 aromatic carbocycles. The van der Waals surface area contributed by atoms with Gasteiger partial charge in [-0.05, 0) is 38.0 Å².